The minimum atomic E-state index is -0.269. The Balaban J connectivity index is 1.55. The van der Waals surface area contributed by atoms with Gasteiger partial charge in [0.1, 0.15) is 0 Å². The third kappa shape index (κ3) is 7.32. The molecule has 3 aromatic carbocycles. The maximum absolute atomic E-state index is 12.5. The number of carbonyl (C=O) groups is 2. The summed E-state index contributed by atoms with van der Waals surface area (Å²) in [4.78, 5) is 24.9. The molecule has 5 nitrogen and oxygen atoms in total. The van der Waals surface area contributed by atoms with Crippen LogP contribution < -0.4 is 16.0 Å². The first-order valence-corrected chi connectivity index (χ1v) is 12.2. The SMILES string of the molecule is CC(=O)c1ccc(NC(=S)Nc2cccc(SC(C)C(=O)Nc3ccc(I)cc3)c2)cc1. The van der Waals surface area contributed by atoms with Crippen LogP contribution in [0.4, 0.5) is 17.1 Å². The summed E-state index contributed by atoms with van der Waals surface area (Å²) in [5, 5.41) is 9.37. The van der Waals surface area contributed by atoms with Crippen LogP contribution in [0.2, 0.25) is 0 Å². The largest absolute Gasteiger partial charge is 0.332 e. The van der Waals surface area contributed by atoms with E-state index in [2.05, 4.69) is 38.5 Å². The molecule has 0 aliphatic carbocycles. The molecule has 0 saturated heterocycles. The summed E-state index contributed by atoms with van der Waals surface area (Å²) in [5.41, 5.74) is 3.04. The zero-order valence-corrected chi connectivity index (χ0v) is 21.3. The van der Waals surface area contributed by atoms with E-state index in [-0.39, 0.29) is 16.9 Å². The molecule has 0 aromatic heterocycles. The Bertz CT molecular complexity index is 1120. The van der Waals surface area contributed by atoms with E-state index in [0.717, 1.165) is 25.5 Å². The minimum Gasteiger partial charge on any atom is -0.332 e. The van der Waals surface area contributed by atoms with Gasteiger partial charge in [0.15, 0.2) is 10.9 Å². The lowest BCUT2D eigenvalue weighted by atomic mass is 10.1. The summed E-state index contributed by atoms with van der Waals surface area (Å²) < 4.78 is 1.12. The topological polar surface area (TPSA) is 70.2 Å². The van der Waals surface area contributed by atoms with Gasteiger partial charge in [-0.2, -0.15) is 0 Å². The Morgan fingerprint density at radius 2 is 1.47 bits per heavy atom. The highest BCUT2D eigenvalue weighted by Crippen LogP contribution is 2.27. The number of ketones is 1. The summed E-state index contributed by atoms with van der Waals surface area (Å²) in [5.74, 6) is -0.0335. The number of benzene rings is 3. The Labute approximate surface area is 210 Å². The third-order valence-electron chi connectivity index (χ3n) is 4.44. The molecule has 3 aromatic rings. The van der Waals surface area contributed by atoms with Crippen molar-refractivity contribution >= 4 is 80.4 Å². The first-order valence-electron chi connectivity index (χ1n) is 9.82. The van der Waals surface area contributed by atoms with E-state index in [0.29, 0.717) is 10.7 Å². The second kappa shape index (κ2) is 11.4. The van der Waals surface area contributed by atoms with Crippen molar-refractivity contribution in [3.63, 3.8) is 0 Å². The van der Waals surface area contributed by atoms with Crippen LogP contribution in [-0.2, 0) is 4.79 Å². The van der Waals surface area contributed by atoms with E-state index in [1.54, 1.807) is 12.1 Å². The van der Waals surface area contributed by atoms with Crippen LogP contribution in [0, 0.1) is 3.57 Å². The average Bonchev–Trinajstić information content (AvgIpc) is 2.76. The average molecular weight is 575 g/mol. The zero-order valence-electron chi connectivity index (χ0n) is 17.5. The summed E-state index contributed by atoms with van der Waals surface area (Å²) in [7, 11) is 0. The van der Waals surface area contributed by atoms with E-state index in [4.69, 9.17) is 12.2 Å². The van der Waals surface area contributed by atoms with Crippen molar-refractivity contribution in [2.24, 2.45) is 0 Å². The molecular weight excluding hydrogens is 553 g/mol. The molecule has 3 rings (SSSR count). The first-order chi connectivity index (χ1) is 15.3. The number of thiocarbonyl (C=S) groups is 1. The summed E-state index contributed by atoms with van der Waals surface area (Å²) >= 11 is 9.10. The Morgan fingerprint density at radius 3 is 2.12 bits per heavy atom. The van der Waals surface area contributed by atoms with Crippen LogP contribution in [0.15, 0.2) is 77.7 Å². The van der Waals surface area contributed by atoms with Crippen molar-refractivity contribution in [3.05, 3.63) is 81.9 Å². The van der Waals surface area contributed by atoms with Crippen LogP contribution in [0.5, 0.6) is 0 Å². The fourth-order valence-corrected chi connectivity index (χ4v) is 4.29. The predicted molar refractivity (Wildman–Crippen MR) is 146 cm³/mol. The normalized spacial score (nSPS) is 11.3. The molecule has 0 fully saturated rings. The van der Waals surface area contributed by atoms with Crippen molar-refractivity contribution in [1.82, 2.24) is 0 Å². The number of amides is 1. The van der Waals surface area contributed by atoms with Gasteiger partial charge in [0, 0.05) is 31.1 Å². The molecule has 1 amide bonds. The monoisotopic (exact) mass is 575 g/mol. The number of hydrogen-bond acceptors (Lipinski definition) is 4. The van der Waals surface area contributed by atoms with Crippen molar-refractivity contribution < 1.29 is 9.59 Å². The zero-order chi connectivity index (χ0) is 23.1. The second-order valence-electron chi connectivity index (χ2n) is 7.00. The molecule has 0 saturated carbocycles. The molecule has 0 aliphatic rings. The van der Waals surface area contributed by atoms with E-state index < -0.39 is 0 Å². The first kappa shape index (κ1) is 24.2. The summed E-state index contributed by atoms with van der Waals surface area (Å²) in [6, 6.07) is 22.6. The molecule has 164 valence electrons. The smallest absolute Gasteiger partial charge is 0.237 e. The number of Topliss-reactive ketones (excluding diaryl/α,β-unsaturated/α-hetero) is 1. The molecule has 0 heterocycles. The highest BCUT2D eigenvalue weighted by Gasteiger charge is 2.15. The van der Waals surface area contributed by atoms with Crippen LogP contribution in [0.25, 0.3) is 0 Å². The van der Waals surface area contributed by atoms with Gasteiger partial charge in [-0.15, -0.1) is 11.8 Å². The number of carbonyl (C=O) groups excluding carboxylic acids is 2. The summed E-state index contributed by atoms with van der Waals surface area (Å²) in [6.07, 6.45) is 0. The molecule has 0 aliphatic heterocycles. The van der Waals surface area contributed by atoms with Crippen molar-refractivity contribution in [2.75, 3.05) is 16.0 Å². The van der Waals surface area contributed by atoms with Gasteiger partial charge in [0.2, 0.25) is 5.91 Å². The predicted octanol–water partition coefficient (Wildman–Crippen LogP) is 6.42. The lowest BCUT2D eigenvalue weighted by molar-refractivity contribution is -0.115. The maximum Gasteiger partial charge on any atom is 0.237 e. The quantitative estimate of drug-likeness (QED) is 0.131. The Hall–Kier alpha value is -2.43. The van der Waals surface area contributed by atoms with Gasteiger partial charge in [-0.3, -0.25) is 9.59 Å². The van der Waals surface area contributed by atoms with Crippen molar-refractivity contribution in [2.45, 2.75) is 24.0 Å². The summed E-state index contributed by atoms with van der Waals surface area (Å²) in [6.45, 7) is 3.41. The number of nitrogens with one attached hydrogen (secondary N) is 3. The molecule has 0 bridgehead atoms. The third-order valence-corrected chi connectivity index (χ3v) is 6.45. The van der Waals surface area contributed by atoms with Gasteiger partial charge < -0.3 is 16.0 Å². The molecule has 8 heteroatoms. The van der Waals surface area contributed by atoms with Gasteiger partial charge in [0.05, 0.1) is 5.25 Å². The van der Waals surface area contributed by atoms with Crippen LogP contribution in [0.1, 0.15) is 24.2 Å². The van der Waals surface area contributed by atoms with E-state index in [9.17, 15) is 9.59 Å². The van der Waals surface area contributed by atoms with Crippen molar-refractivity contribution in [1.29, 1.82) is 0 Å². The van der Waals surface area contributed by atoms with Crippen LogP contribution in [0.3, 0.4) is 0 Å². The second-order valence-corrected chi connectivity index (χ2v) is 10.1. The number of hydrogen-bond donors (Lipinski definition) is 3. The van der Waals surface area contributed by atoms with Gasteiger partial charge in [-0.05, 0) is 115 Å². The molecule has 0 radical (unpaired) electrons. The molecular formula is C24H22IN3O2S2. The molecule has 1 unspecified atom stereocenters. The fraction of sp³-hybridized carbons (Fsp3) is 0.125. The fourth-order valence-electron chi connectivity index (χ4n) is 2.76. The van der Waals surface area contributed by atoms with Gasteiger partial charge in [-0.1, -0.05) is 6.07 Å². The highest BCUT2D eigenvalue weighted by atomic mass is 127. The number of rotatable bonds is 7. The minimum absolute atomic E-state index is 0.0213. The molecule has 1 atom stereocenters. The van der Waals surface area contributed by atoms with Crippen LogP contribution >= 0.6 is 46.6 Å². The Kier molecular flexibility index (Phi) is 8.66. The van der Waals surface area contributed by atoms with E-state index >= 15 is 0 Å². The van der Waals surface area contributed by atoms with Gasteiger partial charge >= 0.3 is 0 Å². The van der Waals surface area contributed by atoms with Crippen molar-refractivity contribution in [3.8, 4) is 0 Å². The highest BCUT2D eigenvalue weighted by molar-refractivity contribution is 14.1. The molecule has 3 N–H and O–H groups in total. The number of thioether (sulfide) groups is 1. The van der Waals surface area contributed by atoms with E-state index in [1.807, 2.05) is 67.6 Å². The maximum atomic E-state index is 12.5. The lowest BCUT2D eigenvalue weighted by Gasteiger charge is -2.14. The van der Waals surface area contributed by atoms with Gasteiger partial charge in [-0.25, -0.2) is 0 Å². The standard InChI is InChI=1S/C24H22IN3O2S2/c1-15(29)17-6-10-20(11-7-17)27-24(31)28-21-4-3-5-22(14-21)32-16(2)23(30)26-19-12-8-18(25)9-13-19/h3-14,16H,1-2H3,(H,26,30)(H2,27,28,31). The van der Waals surface area contributed by atoms with E-state index in [1.165, 1.54) is 18.7 Å². The number of halogens is 1. The van der Waals surface area contributed by atoms with Crippen LogP contribution in [-0.4, -0.2) is 22.1 Å². The lowest BCUT2D eigenvalue weighted by Crippen LogP contribution is -2.22. The molecule has 32 heavy (non-hydrogen) atoms. The Morgan fingerprint density at radius 1 is 0.875 bits per heavy atom. The van der Waals surface area contributed by atoms with Gasteiger partial charge in [0.25, 0.3) is 0 Å². The number of anilines is 3. The molecule has 0 spiro atoms.